The lowest BCUT2D eigenvalue weighted by Gasteiger charge is -2.25. The normalized spacial score (nSPS) is 15.0. The average molecular weight is 362 g/mol. The highest BCUT2D eigenvalue weighted by Gasteiger charge is 2.16. The van der Waals surface area contributed by atoms with Gasteiger partial charge in [-0.15, -0.1) is 0 Å². The molecular formula is C19H21ClFN3O. The Morgan fingerprint density at radius 1 is 1.08 bits per heavy atom. The Hall–Kier alpha value is -2.27. The summed E-state index contributed by atoms with van der Waals surface area (Å²) in [6, 6.07) is 9.12. The van der Waals surface area contributed by atoms with E-state index in [9.17, 15) is 9.18 Å². The monoisotopic (exact) mass is 361 g/mol. The van der Waals surface area contributed by atoms with Crippen molar-refractivity contribution < 1.29 is 9.18 Å². The summed E-state index contributed by atoms with van der Waals surface area (Å²) in [6.07, 6.45) is 5.91. The number of benzene rings is 2. The fourth-order valence-corrected chi connectivity index (χ4v) is 3.29. The maximum absolute atomic E-state index is 13.0. The third kappa shape index (κ3) is 4.42. The molecule has 6 heteroatoms. The molecule has 0 unspecified atom stereocenters. The van der Waals surface area contributed by atoms with Crippen LogP contribution in [0.25, 0.3) is 0 Å². The molecule has 0 bridgehead atoms. The highest BCUT2D eigenvalue weighted by molar-refractivity contribution is 6.34. The van der Waals surface area contributed by atoms with Gasteiger partial charge in [0, 0.05) is 11.6 Å². The van der Waals surface area contributed by atoms with Crippen LogP contribution in [0.3, 0.4) is 0 Å². The second-order valence-corrected chi connectivity index (χ2v) is 6.77. The van der Waals surface area contributed by atoms with Crippen molar-refractivity contribution in [3.63, 3.8) is 0 Å². The van der Waals surface area contributed by atoms with Crippen molar-refractivity contribution in [2.24, 2.45) is 0 Å². The van der Waals surface area contributed by atoms with Crippen LogP contribution >= 0.6 is 11.6 Å². The van der Waals surface area contributed by atoms with Gasteiger partial charge in [-0.1, -0.05) is 30.9 Å². The van der Waals surface area contributed by atoms with Gasteiger partial charge >= 0.3 is 0 Å². The maximum Gasteiger partial charge on any atom is 0.255 e. The van der Waals surface area contributed by atoms with E-state index in [2.05, 4.69) is 10.6 Å². The Bertz CT molecular complexity index is 758. The Morgan fingerprint density at radius 3 is 2.44 bits per heavy atom. The fourth-order valence-electron chi connectivity index (χ4n) is 3.07. The molecule has 0 aromatic heterocycles. The molecule has 2 aromatic carbocycles. The molecule has 4 N–H and O–H groups in total. The number of hydrogen-bond donors (Lipinski definition) is 3. The van der Waals surface area contributed by atoms with E-state index >= 15 is 0 Å². The largest absolute Gasteiger partial charge is 0.397 e. The highest BCUT2D eigenvalue weighted by Crippen LogP contribution is 2.33. The van der Waals surface area contributed by atoms with Crippen LogP contribution in [0, 0.1) is 5.82 Å². The first-order chi connectivity index (χ1) is 12.0. The minimum absolute atomic E-state index is 0.352. The van der Waals surface area contributed by atoms with Gasteiger partial charge in [0.2, 0.25) is 0 Å². The topological polar surface area (TPSA) is 67.1 Å². The molecule has 25 heavy (non-hydrogen) atoms. The number of hydrogen-bond acceptors (Lipinski definition) is 3. The predicted octanol–water partition coefficient (Wildman–Crippen LogP) is 5.06. The van der Waals surface area contributed by atoms with Gasteiger partial charge in [0.25, 0.3) is 5.91 Å². The van der Waals surface area contributed by atoms with Crippen molar-refractivity contribution in [1.82, 2.24) is 0 Å². The van der Waals surface area contributed by atoms with Gasteiger partial charge in [-0.2, -0.15) is 0 Å². The van der Waals surface area contributed by atoms with E-state index < -0.39 is 0 Å². The number of anilines is 3. The molecule has 2 aromatic rings. The average Bonchev–Trinajstić information content (AvgIpc) is 2.60. The number of nitrogens with one attached hydrogen (secondary N) is 2. The fraction of sp³-hybridized carbons (Fsp3) is 0.316. The summed E-state index contributed by atoms with van der Waals surface area (Å²) in [7, 11) is 0. The zero-order valence-corrected chi connectivity index (χ0v) is 14.6. The van der Waals surface area contributed by atoms with Gasteiger partial charge in [0.15, 0.2) is 0 Å². The van der Waals surface area contributed by atoms with Gasteiger partial charge in [0.1, 0.15) is 5.82 Å². The summed E-state index contributed by atoms with van der Waals surface area (Å²) in [4.78, 5) is 12.3. The SMILES string of the molecule is Nc1cc(Cl)c(NC(=O)c2ccc(F)cc2)cc1NC1CCCCC1. The Kier molecular flexibility index (Phi) is 5.43. The Balaban J connectivity index is 1.77. The van der Waals surface area contributed by atoms with Gasteiger partial charge in [-0.25, -0.2) is 4.39 Å². The van der Waals surface area contributed by atoms with Crippen molar-refractivity contribution in [2.75, 3.05) is 16.4 Å². The van der Waals surface area contributed by atoms with Gasteiger partial charge in [-0.3, -0.25) is 4.79 Å². The zero-order chi connectivity index (χ0) is 17.8. The predicted molar refractivity (Wildman–Crippen MR) is 101 cm³/mol. The van der Waals surface area contributed by atoms with Crippen molar-refractivity contribution in [2.45, 2.75) is 38.1 Å². The molecule has 132 valence electrons. The van der Waals surface area contributed by atoms with Gasteiger partial charge in [-0.05, 0) is 49.2 Å². The first kappa shape index (κ1) is 17.5. The van der Waals surface area contributed by atoms with Crippen LogP contribution in [0.2, 0.25) is 5.02 Å². The second-order valence-electron chi connectivity index (χ2n) is 6.36. The van der Waals surface area contributed by atoms with Crippen molar-refractivity contribution in [3.8, 4) is 0 Å². The molecule has 1 aliphatic rings. The van der Waals surface area contributed by atoms with Crippen LogP contribution in [0.4, 0.5) is 21.5 Å². The first-order valence-corrected chi connectivity index (χ1v) is 8.83. The summed E-state index contributed by atoms with van der Waals surface area (Å²) in [5.41, 5.74) is 8.22. The molecule has 0 spiro atoms. The van der Waals surface area contributed by atoms with Crippen LogP contribution in [0.5, 0.6) is 0 Å². The molecule has 1 fully saturated rings. The summed E-state index contributed by atoms with van der Waals surface area (Å²) in [5.74, 6) is -0.740. The molecule has 4 nitrogen and oxygen atoms in total. The van der Waals surface area contributed by atoms with Crippen LogP contribution in [0.15, 0.2) is 36.4 Å². The maximum atomic E-state index is 13.0. The van der Waals surface area contributed by atoms with Crippen LogP contribution in [0.1, 0.15) is 42.5 Å². The molecule has 0 radical (unpaired) electrons. The van der Waals surface area contributed by atoms with E-state index in [1.165, 1.54) is 43.5 Å². The molecule has 3 rings (SSSR count). The van der Waals surface area contributed by atoms with Gasteiger partial charge < -0.3 is 16.4 Å². The number of halogens is 2. The van der Waals surface area contributed by atoms with E-state index in [1.54, 1.807) is 12.1 Å². The Morgan fingerprint density at radius 2 is 1.76 bits per heavy atom. The number of nitrogens with two attached hydrogens (primary N) is 1. The van der Waals surface area contributed by atoms with E-state index in [4.69, 9.17) is 17.3 Å². The summed E-state index contributed by atoms with van der Waals surface area (Å²) in [6.45, 7) is 0. The van der Waals surface area contributed by atoms with Crippen LogP contribution in [-0.2, 0) is 0 Å². The van der Waals surface area contributed by atoms with E-state index in [0.717, 1.165) is 18.5 Å². The lowest BCUT2D eigenvalue weighted by atomic mass is 9.95. The minimum atomic E-state index is -0.388. The number of amides is 1. The van der Waals surface area contributed by atoms with Crippen molar-refractivity contribution in [1.29, 1.82) is 0 Å². The standard InChI is InChI=1S/C19H21ClFN3O/c20-15-10-16(22)18(23-14-4-2-1-3-5-14)11-17(15)24-19(25)12-6-8-13(21)9-7-12/h6-11,14,23H,1-5,22H2,(H,24,25). The molecule has 1 aliphatic carbocycles. The van der Waals surface area contributed by atoms with Crippen LogP contribution in [-0.4, -0.2) is 11.9 Å². The molecule has 0 aliphatic heterocycles. The first-order valence-electron chi connectivity index (χ1n) is 8.45. The number of carbonyl (C=O) groups is 1. The molecule has 1 amide bonds. The van der Waals surface area contributed by atoms with E-state index in [-0.39, 0.29) is 11.7 Å². The summed E-state index contributed by atoms with van der Waals surface area (Å²) >= 11 is 6.22. The highest BCUT2D eigenvalue weighted by atomic mass is 35.5. The molecule has 0 saturated heterocycles. The molecule has 0 atom stereocenters. The third-order valence-corrected chi connectivity index (χ3v) is 4.77. The minimum Gasteiger partial charge on any atom is -0.397 e. The molecular weight excluding hydrogens is 341 g/mol. The lowest BCUT2D eigenvalue weighted by Crippen LogP contribution is -2.23. The zero-order valence-electron chi connectivity index (χ0n) is 13.8. The summed E-state index contributed by atoms with van der Waals surface area (Å²) < 4.78 is 13.0. The second kappa shape index (κ2) is 7.74. The summed E-state index contributed by atoms with van der Waals surface area (Å²) in [5, 5.41) is 6.58. The van der Waals surface area contributed by atoms with Gasteiger partial charge in [0.05, 0.1) is 22.1 Å². The number of rotatable bonds is 4. The number of carbonyl (C=O) groups excluding carboxylic acids is 1. The number of nitrogen functional groups attached to an aromatic ring is 1. The van der Waals surface area contributed by atoms with E-state index in [1.807, 2.05) is 0 Å². The van der Waals surface area contributed by atoms with Crippen LogP contribution < -0.4 is 16.4 Å². The van der Waals surface area contributed by atoms with E-state index in [0.29, 0.717) is 28.0 Å². The lowest BCUT2D eigenvalue weighted by molar-refractivity contribution is 0.102. The molecule has 1 saturated carbocycles. The smallest absolute Gasteiger partial charge is 0.255 e. The third-order valence-electron chi connectivity index (χ3n) is 4.46. The Labute approximate surface area is 151 Å². The van der Waals surface area contributed by atoms with Crippen molar-refractivity contribution >= 4 is 34.6 Å². The molecule has 0 heterocycles. The quantitative estimate of drug-likeness (QED) is 0.667. The van der Waals surface area contributed by atoms with Crippen molar-refractivity contribution in [3.05, 3.63) is 52.8 Å².